The fourth-order valence-electron chi connectivity index (χ4n) is 1.81. The normalized spacial score (nSPS) is 12.0. The van der Waals surface area contributed by atoms with Crippen LogP contribution in [0.3, 0.4) is 0 Å². The molecule has 0 heterocycles. The SMILES string of the molecule is COc1cccc(Cl)c1CNC(=O)C(C)CCCN. The first-order valence-corrected chi connectivity index (χ1v) is 6.77. The molecule has 1 unspecified atom stereocenters. The quantitative estimate of drug-likeness (QED) is 0.808. The topological polar surface area (TPSA) is 64.3 Å². The Kier molecular flexibility index (Phi) is 6.67. The number of ether oxygens (including phenoxy) is 1. The molecule has 3 N–H and O–H groups in total. The van der Waals surface area contributed by atoms with Crippen LogP contribution in [-0.2, 0) is 11.3 Å². The number of hydrogen-bond donors (Lipinski definition) is 2. The zero-order valence-electron chi connectivity index (χ0n) is 11.4. The number of amides is 1. The summed E-state index contributed by atoms with van der Waals surface area (Å²) in [6, 6.07) is 5.42. The van der Waals surface area contributed by atoms with Crippen LogP contribution in [-0.4, -0.2) is 19.6 Å². The van der Waals surface area contributed by atoms with Gasteiger partial charge in [0.1, 0.15) is 5.75 Å². The minimum absolute atomic E-state index is 0.00965. The number of nitrogens with two attached hydrogens (primary N) is 1. The van der Waals surface area contributed by atoms with Gasteiger partial charge in [0.05, 0.1) is 7.11 Å². The minimum Gasteiger partial charge on any atom is -0.496 e. The van der Waals surface area contributed by atoms with Crippen molar-refractivity contribution < 1.29 is 9.53 Å². The van der Waals surface area contributed by atoms with E-state index in [1.165, 1.54) is 0 Å². The lowest BCUT2D eigenvalue weighted by Gasteiger charge is -2.14. The number of methoxy groups -OCH3 is 1. The largest absolute Gasteiger partial charge is 0.496 e. The Bertz CT molecular complexity index is 424. The van der Waals surface area contributed by atoms with Crippen molar-refractivity contribution in [1.29, 1.82) is 0 Å². The standard InChI is InChI=1S/C14H21ClN2O2/c1-10(5-4-8-16)14(18)17-9-11-12(15)6-3-7-13(11)19-2/h3,6-7,10H,4-5,8-9,16H2,1-2H3,(H,17,18). The zero-order chi connectivity index (χ0) is 14.3. The molecule has 19 heavy (non-hydrogen) atoms. The van der Waals surface area contributed by atoms with Crippen molar-refractivity contribution in [1.82, 2.24) is 5.32 Å². The molecule has 0 saturated carbocycles. The Morgan fingerprint density at radius 2 is 2.26 bits per heavy atom. The molecule has 0 bridgehead atoms. The van der Waals surface area contributed by atoms with E-state index in [1.54, 1.807) is 13.2 Å². The van der Waals surface area contributed by atoms with Crippen molar-refractivity contribution in [2.75, 3.05) is 13.7 Å². The van der Waals surface area contributed by atoms with Gasteiger partial charge < -0.3 is 15.8 Å². The van der Waals surface area contributed by atoms with Crippen molar-refractivity contribution in [3.05, 3.63) is 28.8 Å². The second kappa shape index (κ2) is 8.02. The highest BCUT2D eigenvalue weighted by molar-refractivity contribution is 6.31. The number of halogens is 1. The molecular formula is C14H21ClN2O2. The molecule has 4 nitrogen and oxygen atoms in total. The van der Waals surface area contributed by atoms with Crippen LogP contribution in [0.15, 0.2) is 18.2 Å². The Morgan fingerprint density at radius 3 is 2.89 bits per heavy atom. The van der Waals surface area contributed by atoms with E-state index in [0.717, 1.165) is 18.4 Å². The molecule has 0 aliphatic heterocycles. The summed E-state index contributed by atoms with van der Waals surface area (Å²) in [7, 11) is 1.58. The highest BCUT2D eigenvalue weighted by Crippen LogP contribution is 2.25. The lowest BCUT2D eigenvalue weighted by atomic mass is 10.0. The average Bonchev–Trinajstić information content (AvgIpc) is 2.42. The van der Waals surface area contributed by atoms with Gasteiger partial charge in [-0.2, -0.15) is 0 Å². The maximum atomic E-state index is 11.9. The molecule has 0 saturated heterocycles. The minimum atomic E-state index is -0.0444. The van der Waals surface area contributed by atoms with E-state index in [2.05, 4.69) is 5.32 Å². The second-order valence-corrected chi connectivity index (χ2v) is 4.88. The molecule has 0 aromatic heterocycles. The number of rotatable bonds is 7. The van der Waals surface area contributed by atoms with Crippen LogP contribution in [0.2, 0.25) is 5.02 Å². The maximum Gasteiger partial charge on any atom is 0.223 e. The molecule has 0 radical (unpaired) electrons. The van der Waals surface area contributed by atoms with Gasteiger partial charge in [0, 0.05) is 23.0 Å². The van der Waals surface area contributed by atoms with Gasteiger partial charge >= 0.3 is 0 Å². The molecule has 0 aliphatic rings. The Labute approximate surface area is 119 Å². The second-order valence-electron chi connectivity index (χ2n) is 4.47. The third-order valence-corrected chi connectivity index (χ3v) is 3.38. The van der Waals surface area contributed by atoms with Gasteiger partial charge in [-0.25, -0.2) is 0 Å². The van der Waals surface area contributed by atoms with Crippen LogP contribution in [0, 0.1) is 5.92 Å². The van der Waals surface area contributed by atoms with E-state index < -0.39 is 0 Å². The number of hydrogen-bond acceptors (Lipinski definition) is 3. The summed E-state index contributed by atoms with van der Waals surface area (Å²) in [6.45, 7) is 2.87. The molecule has 0 fully saturated rings. The summed E-state index contributed by atoms with van der Waals surface area (Å²) in [5, 5.41) is 3.47. The first-order valence-electron chi connectivity index (χ1n) is 6.39. The molecule has 1 rings (SSSR count). The van der Waals surface area contributed by atoms with Gasteiger partial charge in [-0.3, -0.25) is 4.79 Å². The van der Waals surface area contributed by atoms with Crippen molar-refractivity contribution in [2.45, 2.75) is 26.3 Å². The Morgan fingerprint density at radius 1 is 1.53 bits per heavy atom. The van der Waals surface area contributed by atoms with Gasteiger partial charge in [-0.15, -0.1) is 0 Å². The highest BCUT2D eigenvalue weighted by atomic mass is 35.5. The molecule has 1 amide bonds. The van der Waals surface area contributed by atoms with Gasteiger partial charge in [-0.05, 0) is 31.5 Å². The van der Waals surface area contributed by atoms with Gasteiger partial charge in [0.25, 0.3) is 0 Å². The average molecular weight is 285 g/mol. The highest BCUT2D eigenvalue weighted by Gasteiger charge is 2.14. The Hall–Kier alpha value is -1.26. The third-order valence-electron chi connectivity index (χ3n) is 3.02. The first-order chi connectivity index (χ1) is 9.10. The fraction of sp³-hybridized carbons (Fsp3) is 0.500. The monoisotopic (exact) mass is 284 g/mol. The van der Waals surface area contributed by atoms with Crippen LogP contribution < -0.4 is 15.8 Å². The predicted molar refractivity (Wildman–Crippen MR) is 77.3 cm³/mol. The molecule has 1 aromatic rings. The predicted octanol–water partition coefficient (Wildman–Crippen LogP) is 2.34. The number of nitrogens with one attached hydrogen (secondary N) is 1. The number of carbonyl (C=O) groups excluding carboxylic acids is 1. The fourth-order valence-corrected chi connectivity index (χ4v) is 2.04. The molecule has 5 heteroatoms. The molecule has 1 aromatic carbocycles. The van der Waals surface area contributed by atoms with Crippen molar-refractivity contribution >= 4 is 17.5 Å². The summed E-state index contributed by atoms with van der Waals surface area (Å²) in [5.41, 5.74) is 6.23. The van der Waals surface area contributed by atoms with Gasteiger partial charge in [-0.1, -0.05) is 24.6 Å². The summed E-state index contributed by atoms with van der Waals surface area (Å²) in [5.74, 6) is 0.648. The summed E-state index contributed by atoms with van der Waals surface area (Å²) in [6.07, 6.45) is 1.64. The van der Waals surface area contributed by atoms with E-state index in [9.17, 15) is 4.79 Å². The third kappa shape index (κ3) is 4.73. The van der Waals surface area contributed by atoms with Crippen molar-refractivity contribution in [3.8, 4) is 5.75 Å². The van der Waals surface area contributed by atoms with Crippen molar-refractivity contribution in [3.63, 3.8) is 0 Å². The summed E-state index contributed by atoms with van der Waals surface area (Å²) < 4.78 is 5.23. The van der Waals surface area contributed by atoms with Crippen LogP contribution in [0.1, 0.15) is 25.3 Å². The summed E-state index contributed by atoms with van der Waals surface area (Å²) in [4.78, 5) is 11.9. The van der Waals surface area contributed by atoms with Crippen LogP contribution in [0.4, 0.5) is 0 Å². The van der Waals surface area contributed by atoms with E-state index in [-0.39, 0.29) is 11.8 Å². The Balaban J connectivity index is 2.59. The molecular weight excluding hydrogens is 264 g/mol. The van der Waals surface area contributed by atoms with Crippen LogP contribution >= 0.6 is 11.6 Å². The summed E-state index contributed by atoms with van der Waals surface area (Å²) >= 11 is 6.11. The molecule has 1 atom stereocenters. The lowest BCUT2D eigenvalue weighted by Crippen LogP contribution is -2.29. The number of benzene rings is 1. The van der Waals surface area contributed by atoms with Crippen LogP contribution in [0.25, 0.3) is 0 Å². The molecule has 0 aliphatic carbocycles. The van der Waals surface area contributed by atoms with Crippen molar-refractivity contribution in [2.24, 2.45) is 11.7 Å². The lowest BCUT2D eigenvalue weighted by molar-refractivity contribution is -0.124. The smallest absolute Gasteiger partial charge is 0.223 e. The molecule has 0 spiro atoms. The maximum absolute atomic E-state index is 11.9. The molecule has 106 valence electrons. The van der Waals surface area contributed by atoms with Gasteiger partial charge in [0.2, 0.25) is 5.91 Å². The first kappa shape index (κ1) is 15.8. The zero-order valence-corrected chi connectivity index (χ0v) is 12.2. The van der Waals surface area contributed by atoms with E-state index in [4.69, 9.17) is 22.1 Å². The van der Waals surface area contributed by atoms with Gasteiger partial charge in [0.15, 0.2) is 0 Å². The van der Waals surface area contributed by atoms with E-state index in [1.807, 2.05) is 19.1 Å². The van der Waals surface area contributed by atoms with E-state index >= 15 is 0 Å². The number of carbonyl (C=O) groups is 1. The van der Waals surface area contributed by atoms with E-state index in [0.29, 0.717) is 23.9 Å². The van der Waals surface area contributed by atoms with Crippen LogP contribution in [0.5, 0.6) is 5.75 Å².